The lowest BCUT2D eigenvalue weighted by atomic mass is 9.97. The lowest BCUT2D eigenvalue weighted by Crippen LogP contribution is -2.21. The Hall–Kier alpha value is -2.77. The molecule has 3 rings (SSSR count). The van der Waals surface area contributed by atoms with Crippen LogP contribution in [0.15, 0.2) is 36.5 Å². The van der Waals surface area contributed by atoms with Crippen molar-refractivity contribution in [1.82, 2.24) is 4.98 Å². The smallest absolute Gasteiger partial charge is 0.416 e. The number of carbonyl (C=O) groups is 1. The SMILES string of the molecule is COC(=O)c1cnc(N2CCC(c3ccc(C(F)(F)F)cc3)C2)c(OC)c1. The summed E-state index contributed by atoms with van der Waals surface area (Å²) in [6.45, 7) is 1.29. The van der Waals surface area contributed by atoms with Gasteiger partial charge < -0.3 is 14.4 Å². The average Bonchev–Trinajstić information content (AvgIpc) is 3.16. The van der Waals surface area contributed by atoms with Crippen LogP contribution in [0.5, 0.6) is 5.75 Å². The number of esters is 1. The first-order chi connectivity index (χ1) is 12.8. The third-order valence-corrected chi connectivity index (χ3v) is 4.67. The highest BCUT2D eigenvalue weighted by Crippen LogP contribution is 2.36. The van der Waals surface area contributed by atoms with Gasteiger partial charge in [0.25, 0.3) is 0 Å². The van der Waals surface area contributed by atoms with Crippen LogP contribution < -0.4 is 9.64 Å². The number of rotatable bonds is 4. The first kappa shape index (κ1) is 19.0. The van der Waals surface area contributed by atoms with E-state index in [1.807, 2.05) is 4.90 Å². The molecule has 144 valence electrons. The second-order valence-corrected chi connectivity index (χ2v) is 6.29. The van der Waals surface area contributed by atoms with Crippen molar-refractivity contribution in [3.05, 3.63) is 53.2 Å². The number of carbonyl (C=O) groups excluding carboxylic acids is 1. The molecule has 1 unspecified atom stereocenters. The van der Waals surface area contributed by atoms with Gasteiger partial charge in [0.1, 0.15) is 0 Å². The molecule has 27 heavy (non-hydrogen) atoms. The van der Waals surface area contributed by atoms with Gasteiger partial charge in [0.05, 0.1) is 25.3 Å². The predicted octanol–water partition coefficient (Wildman–Crippen LogP) is 3.89. The van der Waals surface area contributed by atoms with Crippen LogP contribution in [0.3, 0.4) is 0 Å². The van der Waals surface area contributed by atoms with Gasteiger partial charge in [-0.2, -0.15) is 13.2 Å². The van der Waals surface area contributed by atoms with E-state index in [2.05, 4.69) is 9.72 Å². The molecule has 1 fully saturated rings. The van der Waals surface area contributed by atoms with Gasteiger partial charge in [-0.25, -0.2) is 9.78 Å². The van der Waals surface area contributed by atoms with E-state index in [0.29, 0.717) is 24.7 Å². The highest BCUT2D eigenvalue weighted by atomic mass is 19.4. The lowest BCUT2D eigenvalue weighted by Gasteiger charge is -2.20. The third-order valence-electron chi connectivity index (χ3n) is 4.67. The normalized spacial score (nSPS) is 17.1. The van der Waals surface area contributed by atoms with Gasteiger partial charge in [0, 0.05) is 31.3 Å². The van der Waals surface area contributed by atoms with Gasteiger partial charge >= 0.3 is 12.1 Å². The summed E-state index contributed by atoms with van der Waals surface area (Å²) in [6, 6.07) is 6.85. The zero-order chi connectivity index (χ0) is 19.6. The molecule has 1 aromatic heterocycles. The summed E-state index contributed by atoms with van der Waals surface area (Å²) < 4.78 is 48.2. The molecule has 5 nitrogen and oxygen atoms in total. The topological polar surface area (TPSA) is 51.7 Å². The Balaban J connectivity index is 1.77. The maximum Gasteiger partial charge on any atom is 0.416 e. The second-order valence-electron chi connectivity index (χ2n) is 6.29. The number of hydrogen-bond donors (Lipinski definition) is 0. The van der Waals surface area contributed by atoms with Crippen molar-refractivity contribution in [2.24, 2.45) is 0 Å². The van der Waals surface area contributed by atoms with Crippen molar-refractivity contribution < 1.29 is 27.4 Å². The van der Waals surface area contributed by atoms with Gasteiger partial charge in [-0.05, 0) is 24.1 Å². The minimum absolute atomic E-state index is 0.0964. The largest absolute Gasteiger partial charge is 0.493 e. The molecule has 1 aliphatic rings. The Morgan fingerprint density at radius 3 is 2.52 bits per heavy atom. The van der Waals surface area contributed by atoms with Crippen LogP contribution >= 0.6 is 0 Å². The molecule has 0 radical (unpaired) electrons. The molecule has 0 saturated carbocycles. The first-order valence-corrected chi connectivity index (χ1v) is 8.38. The molecule has 2 heterocycles. The van der Waals surface area contributed by atoms with Crippen molar-refractivity contribution >= 4 is 11.8 Å². The Morgan fingerprint density at radius 1 is 1.22 bits per heavy atom. The van der Waals surface area contributed by atoms with Crippen LogP contribution in [0.1, 0.15) is 33.8 Å². The van der Waals surface area contributed by atoms with Gasteiger partial charge in [0.15, 0.2) is 11.6 Å². The van der Waals surface area contributed by atoms with E-state index in [0.717, 1.165) is 24.1 Å². The summed E-state index contributed by atoms with van der Waals surface area (Å²) in [5.41, 5.74) is 0.495. The fourth-order valence-corrected chi connectivity index (χ4v) is 3.22. The molecule has 0 bridgehead atoms. The Kier molecular flexibility index (Phi) is 5.25. The number of benzene rings is 1. The maximum atomic E-state index is 12.7. The fraction of sp³-hybridized carbons (Fsp3) is 0.368. The molecule has 1 atom stereocenters. The molecule has 0 N–H and O–H groups in total. The number of hydrogen-bond acceptors (Lipinski definition) is 5. The molecule has 1 saturated heterocycles. The molecule has 1 aromatic carbocycles. The first-order valence-electron chi connectivity index (χ1n) is 8.38. The average molecular weight is 380 g/mol. The van der Waals surface area contributed by atoms with E-state index >= 15 is 0 Å². The summed E-state index contributed by atoms with van der Waals surface area (Å²) in [7, 11) is 2.78. The highest BCUT2D eigenvalue weighted by Gasteiger charge is 2.31. The second kappa shape index (κ2) is 7.46. The predicted molar refractivity (Wildman–Crippen MR) is 93.1 cm³/mol. The molecule has 1 aliphatic heterocycles. The van der Waals surface area contributed by atoms with E-state index in [4.69, 9.17) is 4.74 Å². The van der Waals surface area contributed by atoms with Crippen LogP contribution in [0, 0.1) is 0 Å². The van der Waals surface area contributed by atoms with Crippen molar-refractivity contribution in [2.45, 2.75) is 18.5 Å². The lowest BCUT2D eigenvalue weighted by molar-refractivity contribution is -0.137. The minimum atomic E-state index is -4.33. The van der Waals surface area contributed by atoms with E-state index in [9.17, 15) is 18.0 Å². The van der Waals surface area contributed by atoms with Crippen molar-refractivity contribution in [3.8, 4) is 5.75 Å². The molecule has 0 spiro atoms. The van der Waals surface area contributed by atoms with Crippen LogP contribution in [-0.2, 0) is 10.9 Å². The summed E-state index contributed by atoms with van der Waals surface area (Å²) in [5.74, 6) is 0.640. The van der Waals surface area contributed by atoms with Crippen LogP contribution in [-0.4, -0.2) is 38.3 Å². The van der Waals surface area contributed by atoms with Crippen molar-refractivity contribution in [1.29, 1.82) is 0 Å². The van der Waals surface area contributed by atoms with Crippen LogP contribution in [0.4, 0.5) is 19.0 Å². The number of anilines is 1. The monoisotopic (exact) mass is 380 g/mol. The molecule has 0 amide bonds. The molecular weight excluding hydrogens is 361 g/mol. The van der Waals surface area contributed by atoms with Gasteiger partial charge in [-0.1, -0.05) is 12.1 Å². The maximum absolute atomic E-state index is 12.7. The Labute approximate surface area is 154 Å². The van der Waals surface area contributed by atoms with Gasteiger partial charge in [-0.15, -0.1) is 0 Å². The Morgan fingerprint density at radius 2 is 1.93 bits per heavy atom. The van der Waals surface area contributed by atoms with Crippen molar-refractivity contribution in [3.63, 3.8) is 0 Å². The molecule has 0 aliphatic carbocycles. The zero-order valence-electron chi connectivity index (χ0n) is 14.9. The summed E-state index contributed by atoms with van der Waals surface area (Å²) >= 11 is 0. The number of alkyl halides is 3. The zero-order valence-corrected chi connectivity index (χ0v) is 14.9. The fourth-order valence-electron chi connectivity index (χ4n) is 3.22. The Bertz CT molecular complexity index is 822. The van der Waals surface area contributed by atoms with Crippen LogP contribution in [0.25, 0.3) is 0 Å². The molecule has 8 heteroatoms. The molecular formula is C19H19F3N2O3. The van der Waals surface area contributed by atoms with E-state index in [1.165, 1.54) is 32.5 Å². The van der Waals surface area contributed by atoms with Crippen molar-refractivity contribution in [2.75, 3.05) is 32.2 Å². The van der Waals surface area contributed by atoms with E-state index in [-0.39, 0.29) is 11.5 Å². The number of pyridine rings is 1. The quantitative estimate of drug-likeness (QED) is 0.754. The summed E-state index contributed by atoms with van der Waals surface area (Å²) in [6.07, 6.45) is -2.12. The van der Waals surface area contributed by atoms with Crippen LogP contribution in [0.2, 0.25) is 0 Å². The van der Waals surface area contributed by atoms with E-state index < -0.39 is 17.7 Å². The standard InChI is InChI=1S/C19H19F3N2O3/c1-26-16-9-14(18(25)27-2)10-23-17(16)24-8-7-13(11-24)12-3-5-15(6-4-12)19(20,21)22/h3-6,9-10,13H,7-8,11H2,1-2H3. The third kappa shape index (κ3) is 3.99. The number of halogens is 3. The number of aromatic nitrogens is 1. The number of ether oxygens (including phenoxy) is 2. The molecule has 2 aromatic rings. The summed E-state index contributed by atoms with van der Waals surface area (Å²) in [5, 5.41) is 0. The van der Waals surface area contributed by atoms with Gasteiger partial charge in [-0.3, -0.25) is 0 Å². The highest BCUT2D eigenvalue weighted by molar-refractivity contribution is 5.90. The summed E-state index contributed by atoms with van der Waals surface area (Å²) in [4.78, 5) is 18.0. The number of methoxy groups -OCH3 is 2. The minimum Gasteiger partial charge on any atom is -0.493 e. The van der Waals surface area contributed by atoms with E-state index in [1.54, 1.807) is 6.07 Å². The van der Waals surface area contributed by atoms with Gasteiger partial charge in [0.2, 0.25) is 0 Å². The number of nitrogens with zero attached hydrogens (tertiary/aromatic N) is 2.